The Kier molecular flexibility index (Phi) is 4.45. The Morgan fingerprint density at radius 2 is 2.21 bits per heavy atom. The van der Waals surface area contributed by atoms with E-state index in [9.17, 15) is 0 Å². The Balaban J connectivity index is 1.54. The van der Waals surface area contributed by atoms with E-state index in [1.807, 2.05) is 30.7 Å². The quantitative estimate of drug-likeness (QED) is 0.863. The Bertz CT molecular complexity index is 651. The molecule has 4 rings (SSSR count). The van der Waals surface area contributed by atoms with Crippen LogP contribution in [0.3, 0.4) is 0 Å². The van der Waals surface area contributed by atoms with Crippen LogP contribution in [-0.4, -0.2) is 53.3 Å². The fourth-order valence-corrected chi connectivity index (χ4v) is 4.00. The molecule has 0 saturated carbocycles. The third-order valence-corrected chi connectivity index (χ3v) is 5.16. The molecule has 2 aliphatic rings. The van der Waals surface area contributed by atoms with E-state index in [2.05, 4.69) is 45.0 Å². The van der Waals surface area contributed by atoms with Crippen molar-refractivity contribution < 1.29 is 4.74 Å². The van der Waals surface area contributed by atoms with Crippen molar-refractivity contribution in [1.29, 1.82) is 0 Å². The lowest BCUT2D eigenvalue weighted by molar-refractivity contribution is -0.0247. The summed E-state index contributed by atoms with van der Waals surface area (Å²) in [6, 6.07) is 11.1. The number of anilines is 1. The van der Waals surface area contributed by atoms with E-state index in [0.717, 1.165) is 31.9 Å². The number of pyridine rings is 2. The summed E-state index contributed by atoms with van der Waals surface area (Å²) in [6.45, 7) is 2.72. The molecular weight excluding hydrogens is 300 g/mol. The van der Waals surface area contributed by atoms with Gasteiger partial charge in [0.15, 0.2) is 0 Å². The smallest absolute Gasteiger partial charge is 0.128 e. The van der Waals surface area contributed by atoms with Crippen molar-refractivity contribution in [2.24, 2.45) is 0 Å². The number of fused-ring (bicyclic) bond motifs is 1. The lowest BCUT2D eigenvalue weighted by Crippen LogP contribution is -2.46. The zero-order chi connectivity index (χ0) is 16.4. The van der Waals surface area contributed by atoms with Crippen molar-refractivity contribution in [2.75, 3.05) is 25.1 Å². The second-order valence-corrected chi connectivity index (χ2v) is 6.73. The van der Waals surface area contributed by atoms with Gasteiger partial charge in [-0.05, 0) is 43.7 Å². The van der Waals surface area contributed by atoms with Crippen LogP contribution in [0.5, 0.6) is 0 Å². The van der Waals surface area contributed by atoms with Crippen LogP contribution < -0.4 is 4.90 Å². The molecule has 0 bridgehead atoms. The van der Waals surface area contributed by atoms with Gasteiger partial charge in [0.2, 0.25) is 0 Å². The van der Waals surface area contributed by atoms with Crippen LogP contribution in [0, 0.1) is 0 Å². The lowest BCUT2D eigenvalue weighted by atomic mass is 10.00. The van der Waals surface area contributed by atoms with Gasteiger partial charge in [0.25, 0.3) is 0 Å². The van der Waals surface area contributed by atoms with Gasteiger partial charge in [-0.3, -0.25) is 9.88 Å². The SMILES string of the molecule is CN(Cc1cccnc1)[C@@H]1CN(c2ccccn2)[C@@H]2CCCO[C@H]12. The molecule has 2 aromatic rings. The molecule has 0 amide bonds. The van der Waals surface area contributed by atoms with Gasteiger partial charge >= 0.3 is 0 Å². The fourth-order valence-electron chi connectivity index (χ4n) is 4.00. The summed E-state index contributed by atoms with van der Waals surface area (Å²) in [6.07, 6.45) is 8.20. The summed E-state index contributed by atoms with van der Waals surface area (Å²) in [7, 11) is 2.19. The third-order valence-electron chi connectivity index (χ3n) is 5.16. The van der Waals surface area contributed by atoms with E-state index in [1.54, 1.807) is 0 Å². The van der Waals surface area contributed by atoms with Crippen molar-refractivity contribution in [3.8, 4) is 0 Å². The summed E-state index contributed by atoms with van der Waals surface area (Å²) in [4.78, 5) is 13.6. The van der Waals surface area contributed by atoms with E-state index >= 15 is 0 Å². The molecule has 5 nitrogen and oxygen atoms in total. The van der Waals surface area contributed by atoms with Crippen LogP contribution in [0.2, 0.25) is 0 Å². The zero-order valence-corrected chi connectivity index (χ0v) is 14.1. The molecule has 4 heterocycles. The first-order valence-electron chi connectivity index (χ1n) is 8.71. The molecule has 3 atom stereocenters. The fraction of sp³-hybridized carbons (Fsp3) is 0.474. The predicted molar refractivity (Wildman–Crippen MR) is 93.8 cm³/mol. The van der Waals surface area contributed by atoms with Crippen LogP contribution in [0.4, 0.5) is 5.82 Å². The third kappa shape index (κ3) is 3.01. The number of nitrogens with zero attached hydrogens (tertiary/aromatic N) is 4. The molecule has 2 fully saturated rings. The first kappa shape index (κ1) is 15.5. The average molecular weight is 324 g/mol. The Hall–Kier alpha value is -1.98. The van der Waals surface area contributed by atoms with Crippen molar-refractivity contribution >= 4 is 5.82 Å². The first-order valence-corrected chi connectivity index (χ1v) is 8.71. The van der Waals surface area contributed by atoms with Gasteiger partial charge < -0.3 is 9.64 Å². The van der Waals surface area contributed by atoms with Crippen molar-refractivity contribution in [3.05, 3.63) is 54.5 Å². The Morgan fingerprint density at radius 1 is 1.25 bits per heavy atom. The van der Waals surface area contributed by atoms with Gasteiger partial charge in [0.1, 0.15) is 5.82 Å². The summed E-state index contributed by atoms with van der Waals surface area (Å²) in [5.74, 6) is 1.07. The number of rotatable bonds is 4. The minimum Gasteiger partial charge on any atom is -0.374 e. The topological polar surface area (TPSA) is 41.5 Å². The summed E-state index contributed by atoms with van der Waals surface area (Å²) in [5, 5.41) is 0. The molecule has 24 heavy (non-hydrogen) atoms. The molecule has 2 aliphatic heterocycles. The highest BCUT2D eigenvalue weighted by atomic mass is 16.5. The highest BCUT2D eigenvalue weighted by molar-refractivity contribution is 5.43. The van der Waals surface area contributed by atoms with Crippen LogP contribution in [0.1, 0.15) is 18.4 Å². The summed E-state index contributed by atoms with van der Waals surface area (Å²) < 4.78 is 6.20. The predicted octanol–water partition coefficient (Wildman–Crippen LogP) is 2.34. The number of ether oxygens (including phenoxy) is 1. The second-order valence-electron chi connectivity index (χ2n) is 6.73. The molecule has 0 spiro atoms. The van der Waals surface area contributed by atoms with Gasteiger partial charge in [-0.25, -0.2) is 4.98 Å². The van der Waals surface area contributed by atoms with Crippen molar-refractivity contribution in [2.45, 2.75) is 37.6 Å². The molecule has 0 aliphatic carbocycles. The normalized spacial score (nSPS) is 26.6. The van der Waals surface area contributed by atoms with Crippen LogP contribution in [0.15, 0.2) is 48.9 Å². The summed E-state index contributed by atoms with van der Waals surface area (Å²) in [5.41, 5.74) is 1.24. The maximum absolute atomic E-state index is 6.20. The second kappa shape index (κ2) is 6.87. The molecule has 0 N–H and O–H groups in total. The van der Waals surface area contributed by atoms with E-state index in [-0.39, 0.29) is 6.10 Å². The van der Waals surface area contributed by atoms with Crippen LogP contribution >= 0.6 is 0 Å². The van der Waals surface area contributed by atoms with Gasteiger partial charge in [0.05, 0.1) is 18.2 Å². The van der Waals surface area contributed by atoms with Crippen LogP contribution in [0.25, 0.3) is 0 Å². The average Bonchev–Trinajstić information content (AvgIpc) is 3.03. The largest absolute Gasteiger partial charge is 0.374 e. The minimum atomic E-state index is 0.252. The van der Waals surface area contributed by atoms with Gasteiger partial charge in [-0.1, -0.05) is 12.1 Å². The highest BCUT2D eigenvalue weighted by Crippen LogP contribution is 2.34. The van der Waals surface area contributed by atoms with Crippen molar-refractivity contribution in [3.63, 3.8) is 0 Å². The molecule has 126 valence electrons. The van der Waals surface area contributed by atoms with Gasteiger partial charge in [-0.2, -0.15) is 0 Å². The Labute approximate surface area is 143 Å². The molecule has 0 aromatic carbocycles. The van der Waals surface area contributed by atoms with Gasteiger partial charge in [-0.15, -0.1) is 0 Å². The number of hydrogen-bond donors (Lipinski definition) is 0. The molecular formula is C19H24N4O. The minimum absolute atomic E-state index is 0.252. The summed E-state index contributed by atoms with van der Waals surface area (Å²) >= 11 is 0. The highest BCUT2D eigenvalue weighted by Gasteiger charge is 2.46. The van der Waals surface area contributed by atoms with Gasteiger partial charge in [0, 0.05) is 38.3 Å². The van der Waals surface area contributed by atoms with E-state index in [4.69, 9.17) is 4.74 Å². The molecule has 0 unspecified atom stereocenters. The van der Waals surface area contributed by atoms with Crippen molar-refractivity contribution in [1.82, 2.24) is 14.9 Å². The first-order chi connectivity index (χ1) is 11.8. The number of hydrogen-bond acceptors (Lipinski definition) is 5. The number of aromatic nitrogens is 2. The standard InChI is InChI=1S/C19H24N4O/c1-22(13-15-6-4-9-20-12-15)17-14-23(18-8-2-3-10-21-18)16-7-5-11-24-19(16)17/h2-4,6,8-10,12,16-17,19H,5,7,11,13-14H2,1H3/t16-,17-,19+/m1/s1. The monoisotopic (exact) mass is 324 g/mol. The maximum atomic E-state index is 6.20. The van der Waals surface area contributed by atoms with Crippen LogP contribution in [-0.2, 0) is 11.3 Å². The molecule has 5 heteroatoms. The zero-order valence-electron chi connectivity index (χ0n) is 14.1. The molecule has 2 saturated heterocycles. The molecule has 0 radical (unpaired) electrons. The molecule has 2 aromatic heterocycles. The maximum Gasteiger partial charge on any atom is 0.128 e. The Morgan fingerprint density at radius 3 is 3.00 bits per heavy atom. The van der Waals surface area contributed by atoms with E-state index in [1.165, 1.54) is 12.0 Å². The number of likely N-dealkylation sites (N-methyl/N-ethyl adjacent to an activating group) is 1. The van der Waals surface area contributed by atoms with E-state index < -0.39 is 0 Å². The lowest BCUT2D eigenvalue weighted by Gasteiger charge is -2.34. The van der Waals surface area contributed by atoms with E-state index in [0.29, 0.717) is 12.1 Å².